The predicted octanol–water partition coefficient (Wildman–Crippen LogP) is 12.1. The first-order chi connectivity index (χ1) is 27.0. The van der Waals surface area contributed by atoms with Gasteiger partial charge in [-0.15, -0.1) is 0 Å². The number of esters is 2. The van der Waals surface area contributed by atoms with Crippen LogP contribution in [0.4, 0.5) is 0 Å². The molecule has 0 aliphatic heterocycles. The lowest BCUT2D eigenvalue weighted by atomic mass is 10.1. The molecule has 326 valence electrons. The lowest BCUT2D eigenvalue weighted by Gasteiger charge is -2.28. The summed E-state index contributed by atoms with van der Waals surface area (Å²) >= 11 is 0. The Morgan fingerprint density at radius 2 is 0.964 bits per heavy atom. The molecule has 0 aromatic carbocycles. The molecule has 0 bridgehead atoms. The molecule has 0 rings (SSSR count). The summed E-state index contributed by atoms with van der Waals surface area (Å²) in [7, 11) is 1.14. The molecule has 0 N–H and O–H groups in total. The van der Waals surface area contributed by atoms with Crippen LogP contribution in [0.1, 0.15) is 181 Å². The van der Waals surface area contributed by atoms with Gasteiger partial charge in [0.2, 0.25) is 0 Å². The minimum atomic E-state index is -4.63. The molecule has 0 fully saturated rings. The molecule has 0 amide bonds. The number of carbonyl (C=O) groups is 2. The van der Waals surface area contributed by atoms with Crippen LogP contribution in [0.2, 0.25) is 0 Å². The van der Waals surface area contributed by atoms with Gasteiger partial charge in [-0.3, -0.25) is 14.2 Å². The van der Waals surface area contributed by atoms with Crippen molar-refractivity contribution in [3.63, 3.8) is 0 Å². The average molecular weight is 810 g/mol. The van der Waals surface area contributed by atoms with Crippen molar-refractivity contribution in [3.8, 4) is 0 Å². The Hall–Kier alpha value is -2.03. The maximum Gasteiger partial charge on any atom is 0.306 e. The van der Waals surface area contributed by atoms with E-state index in [1.165, 1.54) is 83.5 Å². The average Bonchev–Trinajstić information content (AvgIpc) is 3.15. The number of hydrogen-bond acceptors (Lipinski definition) is 8. The minimum absolute atomic E-state index is 0.0387. The van der Waals surface area contributed by atoms with Gasteiger partial charge in [0.25, 0.3) is 7.82 Å². The maximum atomic E-state index is 12.7. The number of nitrogens with zero attached hydrogens (tertiary/aromatic N) is 1. The fourth-order valence-corrected chi connectivity index (χ4v) is 6.50. The van der Waals surface area contributed by atoms with Crippen LogP contribution in [0.5, 0.6) is 0 Å². The van der Waals surface area contributed by atoms with Gasteiger partial charge in [-0.1, -0.05) is 140 Å². The normalized spacial score (nSPS) is 14.0. The zero-order chi connectivity index (χ0) is 41.4. The van der Waals surface area contributed by atoms with Crippen molar-refractivity contribution in [2.75, 3.05) is 47.5 Å². The van der Waals surface area contributed by atoms with E-state index >= 15 is 0 Å². The van der Waals surface area contributed by atoms with E-state index < -0.39 is 32.5 Å². The highest BCUT2D eigenvalue weighted by Gasteiger charge is 2.21. The Morgan fingerprint density at radius 1 is 0.554 bits per heavy atom. The molecule has 0 saturated carbocycles. The fourth-order valence-electron chi connectivity index (χ4n) is 5.77. The summed E-state index contributed by atoms with van der Waals surface area (Å²) < 4.78 is 33.9. The first kappa shape index (κ1) is 54.0. The SMILES string of the molecule is CCCCC/C=C/C/C=C/CCCCCCCCCC(=O)O[C@H](COC(=O)CCCC/C=C/C/C=C/CCCCCCCC)COP(=O)([O-])OCC[N+](C)(C)C. The molecule has 0 aliphatic rings. The number of quaternary nitrogens is 1. The number of phosphoric acid groups is 1. The lowest BCUT2D eigenvalue weighted by Crippen LogP contribution is -2.37. The van der Waals surface area contributed by atoms with Crippen LogP contribution in [0.25, 0.3) is 0 Å². The van der Waals surface area contributed by atoms with Crippen LogP contribution in [0.3, 0.4) is 0 Å². The third-order valence-corrected chi connectivity index (χ3v) is 10.3. The van der Waals surface area contributed by atoms with E-state index in [4.69, 9.17) is 18.5 Å². The van der Waals surface area contributed by atoms with Gasteiger partial charge in [-0.05, 0) is 77.0 Å². The highest BCUT2D eigenvalue weighted by molar-refractivity contribution is 7.45. The minimum Gasteiger partial charge on any atom is -0.756 e. The van der Waals surface area contributed by atoms with E-state index in [0.29, 0.717) is 23.9 Å². The molecular formula is C46H84NO8P. The fraction of sp³-hybridized carbons (Fsp3) is 0.783. The molecule has 0 aromatic rings. The predicted molar refractivity (Wildman–Crippen MR) is 231 cm³/mol. The summed E-state index contributed by atoms with van der Waals surface area (Å²) in [6.45, 7) is 4.14. The second kappa shape index (κ2) is 38.5. The third kappa shape index (κ3) is 41.6. The number of phosphoric ester groups is 1. The van der Waals surface area contributed by atoms with Gasteiger partial charge in [0.05, 0.1) is 27.7 Å². The summed E-state index contributed by atoms with van der Waals surface area (Å²) in [6, 6.07) is 0. The van der Waals surface area contributed by atoms with Gasteiger partial charge >= 0.3 is 11.9 Å². The van der Waals surface area contributed by atoms with Gasteiger partial charge in [0.15, 0.2) is 6.10 Å². The standard InChI is InChI=1S/C46H84NO8P/c1-6-8-10-12-14-16-18-20-22-23-25-27-29-31-33-35-37-39-46(49)55-44(43-54-56(50,51)53-41-40-47(3,4)5)42-52-45(48)38-36-34-32-30-28-26-24-21-19-17-15-13-11-9-7-2/h14,16,20-22,24,28,30,44H,6-13,15,17-19,23,25-27,29,31-43H2,1-5H3/b16-14+,22-20+,24-21+,30-28+/t44-/m1/s1. The summed E-state index contributed by atoms with van der Waals surface area (Å²) in [6.07, 6.45) is 44.2. The van der Waals surface area contributed by atoms with Crippen molar-refractivity contribution >= 4 is 19.8 Å². The van der Waals surface area contributed by atoms with E-state index in [-0.39, 0.29) is 26.1 Å². The van der Waals surface area contributed by atoms with Crippen molar-refractivity contribution in [1.29, 1.82) is 0 Å². The van der Waals surface area contributed by atoms with Crippen molar-refractivity contribution < 1.29 is 42.1 Å². The number of ether oxygens (including phenoxy) is 2. The number of unbranched alkanes of at least 4 members (excludes halogenated alkanes) is 18. The molecule has 0 radical (unpaired) electrons. The zero-order valence-corrected chi connectivity index (χ0v) is 37.5. The molecule has 1 unspecified atom stereocenters. The van der Waals surface area contributed by atoms with E-state index in [1.54, 1.807) is 0 Å². The Morgan fingerprint density at radius 3 is 1.48 bits per heavy atom. The van der Waals surface area contributed by atoms with E-state index in [2.05, 4.69) is 62.5 Å². The van der Waals surface area contributed by atoms with Crippen LogP contribution in [0.15, 0.2) is 48.6 Å². The molecule has 9 nitrogen and oxygen atoms in total. The van der Waals surface area contributed by atoms with E-state index in [9.17, 15) is 19.0 Å². The lowest BCUT2D eigenvalue weighted by molar-refractivity contribution is -0.870. The smallest absolute Gasteiger partial charge is 0.306 e. The van der Waals surface area contributed by atoms with E-state index in [1.807, 2.05) is 21.1 Å². The molecule has 2 atom stereocenters. The highest BCUT2D eigenvalue weighted by atomic mass is 31.2. The number of carbonyl (C=O) groups excluding carboxylic acids is 2. The Balaban J connectivity index is 4.42. The Bertz CT molecular complexity index is 1100. The zero-order valence-electron chi connectivity index (χ0n) is 36.6. The molecular weight excluding hydrogens is 725 g/mol. The Kier molecular flexibility index (Phi) is 37.1. The highest BCUT2D eigenvalue weighted by Crippen LogP contribution is 2.38. The van der Waals surface area contributed by atoms with Crippen LogP contribution in [-0.4, -0.2) is 70.0 Å². The molecule has 0 saturated heterocycles. The molecule has 0 aromatic heterocycles. The summed E-state index contributed by atoms with van der Waals surface area (Å²) in [5.74, 6) is -0.883. The van der Waals surface area contributed by atoms with Crippen molar-refractivity contribution in [2.24, 2.45) is 0 Å². The summed E-state index contributed by atoms with van der Waals surface area (Å²) in [4.78, 5) is 37.5. The second-order valence-corrected chi connectivity index (χ2v) is 17.5. The number of allylic oxidation sites excluding steroid dienone is 8. The number of rotatable bonds is 40. The monoisotopic (exact) mass is 810 g/mol. The number of likely N-dealkylation sites (N-methyl/N-ethyl adjacent to an activating group) is 1. The van der Waals surface area contributed by atoms with Crippen LogP contribution in [0, 0.1) is 0 Å². The van der Waals surface area contributed by atoms with Crippen molar-refractivity contribution in [3.05, 3.63) is 48.6 Å². The van der Waals surface area contributed by atoms with Gasteiger partial charge in [-0.25, -0.2) is 0 Å². The van der Waals surface area contributed by atoms with Gasteiger partial charge in [0, 0.05) is 12.8 Å². The molecule has 0 heterocycles. The summed E-state index contributed by atoms with van der Waals surface area (Å²) in [5, 5.41) is 0. The topological polar surface area (TPSA) is 111 Å². The largest absolute Gasteiger partial charge is 0.756 e. The molecule has 0 aliphatic carbocycles. The van der Waals surface area contributed by atoms with Gasteiger partial charge in [0.1, 0.15) is 19.8 Å². The second-order valence-electron chi connectivity index (χ2n) is 16.1. The maximum absolute atomic E-state index is 12.7. The third-order valence-electron chi connectivity index (χ3n) is 9.32. The molecule has 56 heavy (non-hydrogen) atoms. The van der Waals surface area contributed by atoms with Crippen molar-refractivity contribution in [1.82, 2.24) is 0 Å². The quantitative estimate of drug-likeness (QED) is 0.0198. The van der Waals surface area contributed by atoms with Crippen LogP contribution < -0.4 is 4.89 Å². The van der Waals surface area contributed by atoms with E-state index in [0.717, 1.165) is 57.8 Å². The first-order valence-corrected chi connectivity index (χ1v) is 23.8. The van der Waals surface area contributed by atoms with Crippen LogP contribution in [-0.2, 0) is 32.7 Å². The van der Waals surface area contributed by atoms with Crippen LogP contribution >= 0.6 is 7.82 Å². The van der Waals surface area contributed by atoms with Gasteiger partial charge < -0.3 is 27.9 Å². The summed E-state index contributed by atoms with van der Waals surface area (Å²) in [5.41, 5.74) is 0. The number of hydrogen-bond donors (Lipinski definition) is 0. The van der Waals surface area contributed by atoms with Crippen molar-refractivity contribution in [2.45, 2.75) is 187 Å². The molecule has 10 heteroatoms. The first-order valence-electron chi connectivity index (χ1n) is 22.3. The molecule has 0 spiro atoms. The Labute approximate surface area is 343 Å². The van der Waals surface area contributed by atoms with Gasteiger partial charge in [-0.2, -0.15) is 0 Å².